The van der Waals surface area contributed by atoms with Gasteiger partial charge in [0.2, 0.25) is 0 Å². The zero-order valence-electron chi connectivity index (χ0n) is 15.3. The molecule has 3 rings (SSSR count). The average Bonchev–Trinajstić information content (AvgIpc) is 2.55. The van der Waals surface area contributed by atoms with Gasteiger partial charge in [0, 0.05) is 18.5 Å². The van der Waals surface area contributed by atoms with Gasteiger partial charge in [-0.1, -0.05) is 59.7 Å². The molecule has 3 N–H and O–H groups in total. The topological polar surface area (TPSA) is 63.3 Å². The molecule has 3 aromatic carbocycles. The Hall–Kier alpha value is -3.07. The largest absolute Gasteiger partial charge is 0.508 e. The van der Waals surface area contributed by atoms with Gasteiger partial charge in [0.25, 0.3) is 0 Å². The monoisotopic (exact) mass is 347 g/mol. The van der Waals surface area contributed by atoms with Gasteiger partial charge in [-0.2, -0.15) is 0 Å². The fraction of sp³-hybridized carbons (Fsp3) is 0.174. The molecule has 0 aromatic heterocycles. The molecule has 0 radical (unpaired) electrons. The number of nitrogens with two attached hydrogens (primary N) is 1. The number of hydrogen-bond donors (Lipinski definition) is 2. The number of aryl methyl sites for hydroxylation is 2. The smallest absolute Gasteiger partial charge is 0.141 e. The molecular weight excluding hydrogens is 322 g/mol. The van der Waals surface area contributed by atoms with Crippen molar-refractivity contribution in [3.05, 3.63) is 95.1 Å². The summed E-state index contributed by atoms with van der Waals surface area (Å²) in [4.78, 5) is 12.1. The van der Waals surface area contributed by atoms with Crippen molar-refractivity contribution in [1.82, 2.24) is 0 Å². The summed E-state index contributed by atoms with van der Waals surface area (Å²) in [5.74, 6) is 0.540. The Labute approximate surface area is 155 Å². The lowest BCUT2D eigenvalue weighted by Crippen LogP contribution is -2.07. The van der Waals surface area contributed by atoms with E-state index < -0.39 is 0 Å². The molecule has 26 heavy (non-hydrogen) atoms. The second-order valence-electron chi connectivity index (χ2n) is 6.47. The van der Waals surface area contributed by atoms with Crippen LogP contribution in [0.4, 0.5) is 5.69 Å². The number of nitrogen functional groups attached to an aromatic ring is 1. The zero-order valence-corrected chi connectivity index (χ0v) is 15.3. The summed E-state index contributed by atoms with van der Waals surface area (Å²) in [7, 11) is 0. The molecule has 3 nitrogen and oxygen atoms in total. The third kappa shape index (κ3) is 6.81. The molecule has 3 heteroatoms. The number of ketones is 1. The second kappa shape index (κ2) is 9.42. The maximum absolute atomic E-state index is 12.1. The first-order valence-corrected chi connectivity index (χ1v) is 8.59. The van der Waals surface area contributed by atoms with Crippen LogP contribution in [0.3, 0.4) is 0 Å². The summed E-state index contributed by atoms with van der Waals surface area (Å²) in [5.41, 5.74) is 10.9. The molecule has 0 amide bonds. The highest BCUT2D eigenvalue weighted by Crippen LogP contribution is 2.12. The highest BCUT2D eigenvalue weighted by atomic mass is 16.3. The Morgan fingerprint density at radius 1 is 0.808 bits per heavy atom. The summed E-state index contributed by atoms with van der Waals surface area (Å²) >= 11 is 0. The molecule has 0 aliphatic carbocycles. The van der Waals surface area contributed by atoms with E-state index in [1.54, 1.807) is 24.3 Å². The molecule has 0 aliphatic rings. The maximum atomic E-state index is 12.1. The maximum Gasteiger partial charge on any atom is 0.141 e. The van der Waals surface area contributed by atoms with Crippen molar-refractivity contribution >= 4 is 11.5 Å². The predicted octanol–water partition coefficient (Wildman–Crippen LogP) is 4.63. The van der Waals surface area contributed by atoms with Crippen molar-refractivity contribution < 1.29 is 9.90 Å². The second-order valence-corrected chi connectivity index (χ2v) is 6.47. The first kappa shape index (κ1) is 19.3. The highest BCUT2D eigenvalue weighted by molar-refractivity contribution is 5.83. The van der Waals surface area contributed by atoms with Crippen LogP contribution < -0.4 is 5.73 Å². The number of phenols is 1. The Morgan fingerprint density at radius 2 is 1.42 bits per heavy atom. The van der Waals surface area contributed by atoms with E-state index in [0.717, 1.165) is 11.1 Å². The Morgan fingerprint density at radius 3 is 1.96 bits per heavy atom. The number of carbonyl (C=O) groups excluding carboxylic acids is 1. The SMILES string of the molecule is Cc1cc(C)cc(CC(=O)Cc2cccc(N)c2)c1.Oc1ccccc1. The van der Waals surface area contributed by atoms with Crippen LogP contribution in [-0.2, 0) is 17.6 Å². The fourth-order valence-corrected chi connectivity index (χ4v) is 2.82. The van der Waals surface area contributed by atoms with Crippen molar-refractivity contribution in [1.29, 1.82) is 0 Å². The molecule has 0 spiro atoms. The van der Waals surface area contributed by atoms with Crippen molar-refractivity contribution in [2.75, 3.05) is 5.73 Å². The summed E-state index contributed by atoms with van der Waals surface area (Å²) in [6.07, 6.45) is 0.926. The molecule has 3 aromatic rings. The van der Waals surface area contributed by atoms with Gasteiger partial charge in [-0.25, -0.2) is 0 Å². The van der Waals surface area contributed by atoms with Gasteiger partial charge in [0.1, 0.15) is 11.5 Å². The van der Waals surface area contributed by atoms with Crippen LogP contribution in [0.5, 0.6) is 5.75 Å². The number of aromatic hydroxyl groups is 1. The quantitative estimate of drug-likeness (QED) is 0.676. The molecule has 134 valence electrons. The molecular formula is C23H25NO2. The molecule has 0 aliphatic heterocycles. The minimum absolute atomic E-state index is 0.218. The van der Waals surface area contributed by atoms with Crippen LogP contribution in [0, 0.1) is 13.8 Å². The van der Waals surface area contributed by atoms with Gasteiger partial charge >= 0.3 is 0 Å². The van der Waals surface area contributed by atoms with E-state index in [1.165, 1.54) is 11.1 Å². The molecule has 0 bridgehead atoms. The lowest BCUT2D eigenvalue weighted by Gasteiger charge is -2.05. The van der Waals surface area contributed by atoms with Crippen molar-refractivity contribution in [3.8, 4) is 5.75 Å². The van der Waals surface area contributed by atoms with Gasteiger partial charge in [-0.3, -0.25) is 4.79 Å². The minimum Gasteiger partial charge on any atom is -0.508 e. The van der Waals surface area contributed by atoms with Crippen LogP contribution in [0.2, 0.25) is 0 Å². The Kier molecular flexibility index (Phi) is 6.98. The number of hydrogen-bond acceptors (Lipinski definition) is 3. The third-order valence-corrected chi connectivity index (χ3v) is 3.79. The summed E-state index contributed by atoms with van der Waals surface area (Å²) < 4.78 is 0. The lowest BCUT2D eigenvalue weighted by molar-refractivity contribution is -0.117. The number of benzene rings is 3. The van der Waals surface area contributed by atoms with Gasteiger partial charge in [0.15, 0.2) is 0 Å². The molecule has 0 heterocycles. The van der Waals surface area contributed by atoms with E-state index in [-0.39, 0.29) is 5.78 Å². The van der Waals surface area contributed by atoms with Gasteiger partial charge < -0.3 is 10.8 Å². The van der Waals surface area contributed by atoms with E-state index in [1.807, 2.05) is 30.3 Å². The van der Waals surface area contributed by atoms with Gasteiger partial charge in [0.05, 0.1) is 0 Å². The number of Topliss-reactive ketones (excluding diaryl/α,β-unsaturated/α-hetero) is 1. The molecule has 0 saturated heterocycles. The van der Waals surface area contributed by atoms with Crippen LogP contribution in [0.25, 0.3) is 0 Å². The van der Waals surface area contributed by atoms with E-state index in [2.05, 4.69) is 32.0 Å². The average molecular weight is 347 g/mol. The number of phenolic OH excluding ortho intramolecular Hbond substituents is 1. The first-order chi connectivity index (χ1) is 12.4. The predicted molar refractivity (Wildman–Crippen MR) is 107 cm³/mol. The zero-order chi connectivity index (χ0) is 18.9. The van der Waals surface area contributed by atoms with E-state index in [9.17, 15) is 4.79 Å². The lowest BCUT2D eigenvalue weighted by atomic mass is 9.99. The van der Waals surface area contributed by atoms with Crippen molar-refractivity contribution in [3.63, 3.8) is 0 Å². The number of carbonyl (C=O) groups is 1. The van der Waals surface area contributed by atoms with E-state index in [0.29, 0.717) is 24.3 Å². The number of anilines is 1. The summed E-state index contributed by atoms with van der Waals surface area (Å²) in [6, 6.07) is 22.5. The van der Waals surface area contributed by atoms with Crippen LogP contribution in [0.1, 0.15) is 22.3 Å². The summed E-state index contributed by atoms with van der Waals surface area (Å²) in [5, 5.41) is 8.63. The summed E-state index contributed by atoms with van der Waals surface area (Å²) in [6.45, 7) is 4.11. The van der Waals surface area contributed by atoms with E-state index >= 15 is 0 Å². The fourth-order valence-electron chi connectivity index (χ4n) is 2.82. The molecule has 0 unspecified atom stereocenters. The first-order valence-electron chi connectivity index (χ1n) is 8.59. The molecule has 0 fully saturated rings. The van der Waals surface area contributed by atoms with Gasteiger partial charge in [-0.15, -0.1) is 0 Å². The molecule has 0 atom stereocenters. The number of para-hydroxylation sites is 1. The van der Waals surface area contributed by atoms with Gasteiger partial charge in [-0.05, 0) is 49.2 Å². The Balaban J connectivity index is 0.000000290. The standard InChI is InChI=1S/C17H19NO.C6H6O/c1-12-6-13(2)8-15(7-12)11-17(19)10-14-4-3-5-16(18)9-14;7-6-4-2-1-3-5-6/h3-9H,10-11,18H2,1-2H3;1-5,7H. The van der Waals surface area contributed by atoms with Crippen molar-refractivity contribution in [2.45, 2.75) is 26.7 Å². The van der Waals surface area contributed by atoms with Crippen LogP contribution in [-0.4, -0.2) is 10.9 Å². The van der Waals surface area contributed by atoms with E-state index in [4.69, 9.17) is 10.8 Å². The molecule has 0 saturated carbocycles. The highest BCUT2D eigenvalue weighted by Gasteiger charge is 2.06. The van der Waals surface area contributed by atoms with Crippen molar-refractivity contribution in [2.24, 2.45) is 0 Å². The van der Waals surface area contributed by atoms with Crippen LogP contribution >= 0.6 is 0 Å². The third-order valence-electron chi connectivity index (χ3n) is 3.79. The number of rotatable bonds is 4. The van der Waals surface area contributed by atoms with Crippen LogP contribution in [0.15, 0.2) is 72.8 Å². The Bertz CT molecular complexity index is 837. The normalized spacial score (nSPS) is 9.92. The minimum atomic E-state index is 0.218.